The topological polar surface area (TPSA) is 176 Å². The minimum atomic E-state index is -1.20. The Hall–Kier alpha value is -3.47. The quantitative estimate of drug-likeness (QED) is 0.0989. The highest BCUT2D eigenvalue weighted by Crippen LogP contribution is 2.36. The number of aliphatic hydroxyl groups is 4. The minimum absolute atomic E-state index is 0.173. The second-order valence-electron chi connectivity index (χ2n) is 19.2. The Labute approximate surface area is 381 Å². The molecule has 0 spiro atoms. The first-order chi connectivity index (χ1) is 30.6. The summed E-state index contributed by atoms with van der Waals surface area (Å²) in [4.78, 5) is 28.3. The molecule has 4 N–H and O–H groups in total. The molecule has 4 heterocycles. The van der Waals surface area contributed by atoms with Crippen LogP contribution >= 0.6 is 0 Å². The highest BCUT2D eigenvalue weighted by Gasteiger charge is 2.47. The van der Waals surface area contributed by atoms with E-state index in [-0.39, 0.29) is 24.9 Å². The van der Waals surface area contributed by atoms with E-state index < -0.39 is 66.8 Å². The number of allylic oxidation sites excluding steroid dienone is 3. The summed E-state index contributed by atoms with van der Waals surface area (Å²) in [5, 5.41) is 50.9. The third-order valence-electron chi connectivity index (χ3n) is 13.3. The van der Waals surface area contributed by atoms with Crippen LogP contribution in [0.4, 0.5) is 0 Å². The van der Waals surface area contributed by atoms with Crippen molar-refractivity contribution in [3.63, 3.8) is 0 Å². The van der Waals surface area contributed by atoms with Crippen molar-refractivity contribution in [2.24, 2.45) is 40.7 Å². The number of ether oxygens (including phenoxy) is 4. The summed E-state index contributed by atoms with van der Waals surface area (Å²) in [6.45, 7) is 17.5. The largest absolute Gasteiger partial charge is 0.493 e. The number of rotatable bonds is 14. The Balaban J connectivity index is 1.47. The third-order valence-corrected chi connectivity index (χ3v) is 13.3. The number of pyridine rings is 1. The van der Waals surface area contributed by atoms with Crippen LogP contribution in [-0.4, -0.2) is 149 Å². The lowest BCUT2D eigenvalue weighted by molar-refractivity contribution is -0.304. The number of carbonyl (C=O) groups is 1. The van der Waals surface area contributed by atoms with Crippen LogP contribution in [-0.2, 0) is 23.8 Å². The Kier molecular flexibility index (Phi) is 20.0. The molecule has 3 aliphatic rings. The van der Waals surface area contributed by atoms with Crippen LogP contribution in [0.25, 0.3) is 10.9 Å². The molecule has 0 aliphatic carbocycles. The van der Waals surface area contributed by atoms with Gasteiger partial charge in [-0.3, -0.25) is 9.78 Å². The molecule has 2 aromatic rings. The predicted octanol–water partition coefficient (Wildman–Crippen LogP) is 6.00. The molecule has 358 valence electrons. The molecule has 0 saturated carbocycles. The third kappa shape index (κ3) is 14.5. The lowest BCUT2D eigenvalue weighted by atomic mass is 9.79. The van der Waals surface area contributed by atoms with Gasteiger partial charge in [0.25, 0.3) is 0 Å². The molecule has 64 heavy (non-hydrogen) atoms. The summed E-state index contributed by atoms with van der Waals surface area (Å²) in [6, 6.07) is 9.08. The number of aliphatic hydroxyl groups excluding tert-OH is 4. The summed E-state index contributed by atoms with van der Waals surface area (Å²) in [5.74, 6) is -0.160. The monoisotopic (exact) mass is 895 g/mol. The highest BCUT2D eigenvalue weighted by molar-refractivity contribution is 5.96. The minimum Gasteiger partial charge on any atom is -0.493 e. The van der Waals surface area contributed by atoms with E-state index in [1.807, 2.05) is 69.3 Å². The van der Waals surface area contributed by atoms with E-state index in [9.17, 15) is 25.2 Å². The summed E-state index contributed by atoms with van der Waals surface area (Å²) in [5.41, 5.74) is 2.47. The second-order valence-corrected chi connectivity index (χ2v) is 19.2. The Morgan fingerprint density at radius 2 is 1.73 bits per heavy atom. The number of likely N-dealkylation sites (tertiary alicyclic amines) is 1. The van der Waals surface area contributed by atoms with Crippen molar-refractivity contribution in [3.05, 3.63) is 60.3 Å². The summed E-state index contributed by atoms with van der Waals surface area (Å²) in [7, 11) is 3.60. The van der Waals surface area contributed by atoms with Crippen LogP contribution in [0.5, 0.6) is 5.75 Å². The average molecular weight is 895 g/mol. The van der Waals surface area contributed by atoms with Crippen molar-refractivity contribution >= 4 is 22.6 Å². The van der Waals surface area contributed by atoms with E-state index >= 15 is 0 Å². The number of aromatic nitrogens is 1. The van der Waals surface area contributed by atoms with Crippen LogP contribution in [0.2, 0.25) is 0 Å². The van der Waals surface area contributed by atoms with E-state index in [0.717, 1.165) is 41.9 Å². The SMILES string of the molecule is CC[C@H]1OC(=O)C[C@@H](O)C(C)[C@@H](O[C@H]2O[C@@H](C)[C@H](O)[C@@H](N(C)C)[C@@H]2O)[C@@H](CCN2CC(C)CC(C)C2)C[C@@H](C)C(=N\OCCCOc2ccc3ncccc3c2)/C=C/C(C)=C/C1CO. The molecule has 0 bridgehead atoms. The number of hydrogen-bond donors (Lipinski definition) is 4. The molecule has 5 rings (SSSR count). The normalized spacial score (nSPS) is 36.1. The van der Waals surface area contributed by atoms with Gasteiger partial charge in [0, 0.05) is 48.8 Å². The van der Waals surface area contributed by atoms with Crippen LogP contribution in [0.15, 0.2) is 65.5 Å². The van der Waals surface area contributed by atoms with Crippen LogP contribution < -0.4 is 4.74 Å². The maximum absolute atomic E-state index is 13.6. The number of hydrogen-bond acceptors (Lipinski definition) is 14. The number of oxime groups is 1. The summed E-state index contributed by atoms with van der Waals surface area (Å²) >= 11 is 0. The Morgan fingerprint density at radius 3 is 2.44 bits per heavy atom. The van der Waals surface area contributed by atoms with Gasteiger partial charge in [0.1, 0.15) is 24.6 Å². The number of piperidine rings is 1. The standard InChI is InChI=1S/C50H78N4O10/c1-10-44-39(30-55)24-31(2)14-16-41(52-61-22-12-21-60-40-15-17-42-37(26-40)13-11-19-51-42)34(5)25-38(18-20-54-28-32(3)23-33(4)29-54)49(35(6)43(56)27-45(57)63-44)64-50-48(59)46(53(8)9)47(58)36(7)62-50/h11,13-17,19,24,26,32-36,38-39,43-44,46-50,55-56,58-59H,10,12,18,20-23,25,27-30H2,1-9H3/b16-14+,31-24+,52-41-/t32?,33?,34-,35?,36+,38+,39?,43-,44-,46-,47+,48+,49-,50-/m1/s1. The summed E-state index contributed by atoms with van der Waals surface area (Å²) < 4.78 is 25.2. The van der Waals surface area contributed by atoms with Gasteiger partial charge in [-0.2, -0.15) is 0 Å². The second kappa shape index (κ2) is 24.9. The number of benzene rings is 1. The van der Waals surface area contributed by atoms with Crippen molar-refractivity contribution < 1.29 is 49.0 Å². The van der Waals surface area contributed by atoms with E-state index in [0.29, 0.717) is 56.4 Å². The number of likely N-dealkylation sites (N-methyl/N-ethyl adjacent to an activating group) is 1. The molecule has 3 aliphatic heterocycles. The number of carbonyl (C=O) groups excluding carboxylic acids is 1. The van der Waals surface area contributed by atoms with Crippen LogP contribution in [0, 0.1) is 35.5 Å². The van der Waals surface area contributed by atoms with E-state index in [4.69, 9.17) is 28.9 Å². The van der Waals surface area contributed by atoms with Gasteiger partial charge in [0.15, 0.2) is 6.29 Å². The first-order valence-corrected chi connectivity index (χ1v) is 23.7. The number of fused-ring (bicyclic) bond motifs is 1. The first-order valence-electron chi connectivity index (χ1n) is 23.7. The smallest absolute Gasteiger partial charge is 0.308 e. The fourth-order valence-electron chi connectivity index (χ4n) is 9.89. The zero-order valence-electron chi connectivity index (χ0n) is 39.8. The number of cyclic esters (lactones) is 1. The summed E-state index contributed by atoms with van der Waals surface area (Å²) in [6.07, 6.45) is 4.38. The molecule has 2 saturated heterocycles. The van der Waals surface area contributed by atoms with Gasteiger partial charge in [0.2, 0.25) is 0 Å². The zero-order chi connectivity index (χ0) is 46.5. The fourth-order valence-corrected chi connectivity index (χ4v) is 9.89. The van der Waals surface area contributed by atoms with Crippen LogP contribution in [0.3, 0.4) is 0 Å². The number of esters is 1. The fraction of sp³-hybridized carbons (Fsp3) is 0.700. The molecule has 14 nitrogen and oxygen atoms in total. The molecular formula is C50H78N4O10. The van der Waals surface area contributed by atoms with Crippen molar-refractivity contribution in [2.75, 3.05) is 53.6 Å². The van der Waals surface area contributed by atoms with Gasteiger partial charge in [-0.25, -0.2) is 0 Å². The maximum atomic E-state index is 13.6. The van der Waals surface area contributed by atoms with Gasteiger partial charge in [-0.15, -0.1) is 0 Å². The van der Waals surface area contributed by atoms with Gasteiger partial charge in [-0.05, 0) is 108 Å². The first kappa shape index (κ1) is 51.5. The lowest BCUT2D eigenvalue weighted by Crippen LogP contribution is -2.63. The molecule has 1 aromatic heterocycles. The predicted molar refractivity (Wildman–Crippen MR) is 249 cm³/mol. The molecule has 14 heteroatoms. The molecular weight excluding hydrogens is 817 g/mol. The van der Waals surface area contributed by atoms with Crippen LogP contribution in [0.1, 0.15) is 87.0 Å². The van der Waals surface area contributed by atoms with Gasteiger partial charge in [0.05, 0.1) is 61.3 Å². The Bertz CT molecular complexity index is 1830. The molecule has 4 unspecified atom stereocenters. The van der Waals surface area contributed by atoms with E-state index in [1.54, 1.807) is 32.1 Å². The molecule has 0 amide bonds. The van der Waals surface area contributed by atoms with Gasteiger partial charge < -0.3 is 54.0 Å². The van der Waals surface area contributed by atoms with Crippen molar-refractivity contribution in [2.45, 2.75) is 136 Å². The lowest BCUT2D eigenvalue weighted by Gasteiger charge is -2.47. The highest BCUT2D eigenvalue weighted by atomic mass is 16.7. The van der Waals surface area contributed by atoms with E-state index in [2.05, 4.69) is 30.7 Å². The Morgan fingerprint density at radius 1 is 0.984 bits per heavy atom. The van der Waals surface area contributed by atoms with Crippen molar-refractivity contribution in [1.29, 1.82) is 0 Å². The van der Waals surface area contributed by atoms with Gasteiger partial charge >= 0.3 is 5.97 Å². The maximum Gasteiger partial charge on any atom is 0.308 e. The van der Waals surface area contributed by atoms with Crippen molar-refractivity contribution in [3.8, 4) is 5.75 Å². The molecule has 2 fully saturated rings. The molecule has 0 radical (unpaired) electrons. The van der Waals surface area contributed by atoms with Crippen molar-refractivity contribution in [1.82, 2.24) is 14.8 Å². The molecule has 1 aromatic carbocycles. The average Bonchev–Trinajstić information content (AvgIpc) is 3.25. The van der Waals surface area contributed by atoms with Gasteiger partial charge in [-0.1, -0.05) is 63.6 Å². The number of nitrogens with zero attached hydrogens (tertiary/aromatic N) is 4. The molecule has 14 atom stereocenters. The zero-order valence-corrected chi connectivity index (χ0v) is 39.8. The van der Waals surface area contributed by atoms with E-state index in [1.165, 1.54) is 6.42 Å².